The van der Waals surface area contributed by atoms with Crippen molar-refractivity contribution in [3.63, 3.8) is 0 Å². The molecule has 1 fully saturated rings. The molecule has 110 valence electrons. The summed E-state index contributed by atoms with van der Waals surface area (Å²) in [5.74, 6) is 0.392. The van der Waals surface area contributed by atoms with Gasteiger partial charge in [-0.05, 0) is 12.1 Å². The first-order chi connectivity index (χ1) is 10.2. The number of rotatable bonds is 4. The van der Waals surface area contributed by atoms with Gasteiger partial charge in [-0.1, -0.05) is 17.3 Å². The van der Waals surface area contributed by atoms with Crippen LogP contribution in [0.3, 0.4) is 0 Å². The number of carbonyl (C=O) groups is 1. The molecule has 3 rings (SSSR count). The van der Waals surface area contributed by atoms with E-state index in [2.05, 4.69) is 25.3 Å². The lowest BCUT2D eigenvalue weighted by molar-refractivity contribution is 0.0927. The molecule has 2 heterocycles. The monoisotopic (exact) mass is 288 g/mol. The van der Waals surface area contributed by atoms with Gasteiger partial charge in [0.2, 0.25) is 12.2 Å². The molecule has 1 aliphatic rings. The van der Waals surface area contributed by atoms with Gasteiger partial charge in [0.25, 0.3) is 5.91 Å². The van der Waals surface area contributed by atoms with Crippen LogP contribution in [0, 0.1) is 5.92 Å². The highest BCUT2D eigenvalue weighted by molar-refractivity contribution is 5.94. The lowest BCUT2D eigenvalue weighted by Gasteiger charge is -2.14. The maximum Gasteiger partial charge on any atom is 0.251 e. The van der Waals surface area contributed by atoms with Gasteiger partial charge < -0.3 is 20.3 Å². The van der Waals surface area contributed by atoms with E-state index in [1.165, 1.54) is 6.39 Å². The molecule has 2 atom stereocenters. The first kappa shape index (κ1) is 13.7. The van der Waals surface area contributed by atoms with Gasteiger partial charge in [0.1, 0.15) is 0 Å². The number of nitrogens with zero attached hydrogens (tertiary/aromatic N) is 2. The third-order valence-electron chi connectivity index (χ3n) is 3.60. The van der Waals surface area contributed by atoms with Crippen molar-refractivity contribution in [2.45, 2.75) is 6.10 Å². The molecule has 3 N–H and O–H groups in total. The fourth-order valence-electron chi connectivity index (χ4n) is 2.32. The predicted molar refractivity (Wildman–Crippen MR) is 74.4 cm³/mol. The summed E-state index contributed by atoms with van der Waals surface area (Å²) in [4.78, 5) is 16.0. The van der Waals surface area contributed by atoms with E-state index in [0.717, 1.165) is 12.1 Å². The minimum absolute atomic E-state index is 0.0625. The van der Waals surface area contributed by atoms with Gasteiger partial charge in [0, 0.05) is 36.7 Å². The predicted octanol–water partition coefficient (Wildman–Crippen LogP) is 0.0467. The number of hydrogen-bond acceptors (Lipinski definition) is 6. The normalized spacial score (nSPS) is 21.4. The van der Waals surface area contributed by atoms with E-state index in [0.29, 0.717) is 24.5 Å². The minimum atomic E-state index is -0.397. The van der Waals surface area contributed by atoms with Gasteiger partial charge in [-0.25, -0.2) is 0 Å². The van der Waals surface area contributed by atoms with Crippen LogP contribution in [0.4, 0.5) is 0 Å². The average Bonchev–Trinajstić information content (AvgIpc) is 3.17. The Labute approximate surface area is 121 Å². The summed E-state index contributed by atoms with van der Waals surface area (Å²) in [6.07, 6.45) is 0.864. The molecule has 0 radical (unpaired) electrons. The summed E-state index contributed by atoms with van der Waals surface area (Å²) < 4.78 is 4.68. The van der Waals surface area contributed by atoms with E-state index in [1.807, 2.05) is 0 Å². The van der Waals surface area contributed by atoms with Gasteiger partial charge in [-0.15, -0.1) is 0 Å². The van der Waals surface area contributed by atoms with Crippen LogP contribution in [0.15, 0.2) is 35.2 Å². The van der Waals surface area contributed by atoms with Crippen LogP contribution in [-0.4, -0.2) is 46.9 Å². The molecule has 21 heavy (non-hydrogen) atoms. The molecule has 1 aliphatic heterocycles. The van der Waals surface area contributed by atoms with Crippen molar-refractivity contribution in [2.75, 3.05) is 19.6 Å². The first-order valence-electron chi connectivity index (χ1n) is 6.78. The van der Waals surface area contributed by atoms with Crippen molar-refractivity contribution in [1.82, 2.24) is 20.8 Å². The van der Waals surface area contributed by atoms with Gasteiger partial charge in [-0.2, -0.15) is 4.98 Å². The number of aromatic nitrogens is 2. The highest BCUT2D eigenvalue weighted by atomic mass is 16.5. The molecule has 1 aromatic carbocycles. The number of aliphatic hydroxyl groups excluding tert-OH is 1. The van der Waals surface area contributed by atoms with Gasteiger partial charge in [0.15, 0.2) is 0 Å². The van der Waals surface area contributed by atoms with Gasteiger partial charge in [-0.3, -0.25) is 4.79 Å². The van der Waals surface area contributed by atoms with E-state index in [1.54, 1.807) is 24.3 Å². The molecule has 1 aromatic heterocycles. The highest BCUT2D eigenvalue weighted by Gasteiger charge is 2.25. The Morgan fingerprint density at radius 3 is 2.81 bits per heavy atom. The van der Waals surface area contributed by atoms with Crippen LogP contribution in [0.5, 0.6) is 0 Å². The van der Waals surface area contributed by atoms with Crippen molar-refractivity contribution >= 4 is 5.91 Å². The SMILES string of the molecule is O=C(NCC1CNCC1O)c1ccc(-c2ncon2)cc1. The molecule has 0 saturated carbocycles. The topological polar surface area (TPSA) is 100 Å². The molecular formula is C14H16N4O3. The van der Waals surface area contributed by atoms with Crippen molar-refractivity contribution < 1.29 is 14.4 Å². The summed E-state index contributed by atoms with van der Waals surface area (Å²) in [7, 11) is 0. The number of aliphatic hydroxyl groups is 1. The molecule has 7 heteroatoms. The highest BCUT2D eigenvalue weighted by Crippen LogP contribution is 2.15. The maximum atomic E-state index is 12.0. The first-order valence-corrected chi connectivity index (χ1v) is 6.78. The smallest absolute Gasteiger partial charge is 0.251 e. The number of benzene rings is 1. The maximum absolute atomic E-state index is 12.0. The number of carbonyl (C=O) groups excluding carboxylic acids is 1. The third kappa shape index (κ3) is 3.09. The van der Waals surface area contributed by atoms with Crippen LogP contribution in [0.1, 0.15) is 10.4 Å². The van der Waals surface area contributed by atoms with Crippen LogP contribution in [0.2, 0.25) is 0 Å². The van der Waals surface area contributed by atoms with E-state index in [-0.39, 0.29) is 11.8 Å². The summed E-state index contributed by atoms with van der Waals surface area (Å²) >= 11 is 0. The zero-order chi connectivity index (χ0) is 14.7. The van der Waals surface area contributed by atoms with Crippen molar-refractivity contribution in [1.29, 1.82) is 0 Å². The number of nitrogens with one attached hydrogen (secondary N) is 2. The molecule has 0 spiro atoms. The second kappa shape index (κ2) is 6.02. The largest absolute Gasteiger partial charge is 0.391 e. The second-order valence-corrected chi connectivity index (χ2v) is 5.03. The van der Waals surface area contributed by atoms with Crippen LogP contribution >= 0.6 is 0 Å². The molecule has 0 bridgehead atoms. The summed E-state index contributed by atoms with van der Waals surface area (Å²) in [6, 6.07) is 6.96. The average molecular weight is 288 g/mol. The minimum Gasteiger partial charge on any atom is -0.391 e. The fraction of sp³-hybridized carbons (Fsp3) is 0.357. The van der Waals surface area contributed by atoms with Crippen LogP contribution in [-0.2, 0) is 0 Å². The summed E-state index contributed by atoms with van der Waals surface area (Å²) in [5, 5.41) is 19.3. The van der Waals surface area contributed by atoms with E-state index >= 15 is 0 Å². The Balaban J connectivity index is 1.60. The summed E-state index contributed by atoms with van der Waals surface area (Å²) in [6.45, 7) is 1.76. The Morgan fingerprint density at radius 1 is 1.38 bits per heavy atom. The van der Waals surface area contributed by atoms with Gasteiger partial charge in [0.05, 0.1) is 6.10 Å². The Kier molecular flexibility index (Phi) is 3.94. The molecule has 7 nitrogen and oxygen atoms in total. The second-order valence-electron chi connectivity index (χ2n) is 5.03. The Morgan fingerprint density at radius 2 is 2.19 bits per heavy atom. The van der Waals surface area contributed by atoms with Gasteiger partial charge >= 0.3 is 0 Å². The van der Waals surface area contributed by atoms with Crippen LogP contribution in [0.25, 0.3) is 11.4 Å². The van der Waals surface area contributed by atoms with Crippen molar-refractivity contribution in [2.24, 2.45) is 5.92 Å². The number of hydrogen-bond donors (Lipinski definition) is 3. The Bertz CT molecular complexity index is 597. The molecule has 1 saturated heterocycles. The standard InChI is InChI=1S/C14H16N4O3/c19-12-7-15-5-11(12)6-16-14(20)10-3-1-9(2-4-10)13-17-8-21-18-13/h1-4,8,11-12,15,19H,5-7H2,(H,16,20). The molecule has 2 unspecified atom stereocenters. The zero-order valence-corrected chi connectivity index (χ0v) is 11.3. The third-order valence-corrected chi connectivity index (χ3v) is 3.60. The van der Waals surface area contributed by atoms with Crippen molar-refractivity contribution in [3.8, 4) is 11.4 Å². The molecule has 1 amide bonds. The summed E-state index contributed by atoms with van der Waals surface area (Å²) in [5.41, 5.74) is 1.35. The Hall–Kier alpha value is -2.25. The molecule has 0 aliphatic carbocycles. The molecular weight excluding hydrogens is 272 g/mol. The van der Waals surface area contributed by atoms with E-state index in [4.69, 9.17) is 0 Å². The number of β-amino-alcohol motifs (C(OH)–C–C–N with tert-alkyl or cyclic N) is 1. The number of amides is 1. The quantitative estimate of drug-likeness (QED) is 0.735. The van der Waals surface area contributed by atoms with E-state index < -0.39 is 6.10 Å². The molecule has 2 aromatic rings. The fourth-order valence-corrected chi connectivity index (χ4v) is 2.32. The lowest BCUT2D eigenvalue weighted by Crippen LogP contribution is -2.34. The zero-order valence-electron chi connectivity index (χ0n) is 11.3. The van der Waals surface area contributed by atoms with Crippen LogP contribution < -0.4 is 10.6 Å². The lowest BCUT2D eigenvalue weighted by atomic mass is 10.1. The van der Waals surface area contributed by atoms with Crippen molar-refractivity contribution in [3.05, 3.63) is 36.2 Å². The van der Waals surface area contributed by atoms with E-state index in [9.17, 15) is 9.90 Å².